The molecule has 2 aliphatic rings. The molecule has 1 aliphatic heterocycles. The molecule has 17 heteroatoms. The number of carboxylic acids is 1. The summed E-state index contributed by atoms with van der Waals surface area (Å²) < 4.78 is 93.1. The summed E-state index contributed by atoms with van der Waals surface area (Å²) >= 11 is 0. The number of nitrogens with one attached hydrogen (secondary N) is 2. The minimum atomic E-state index is -4.56. The van der Waals surface area contributed by atoms with Crippen LogP contribution in [-0.2, 0) is 20.0 Å². The topological polar surface area (TPSA) is 206 Å². The minimum Gasteiger partial charge on any atom is -0.503 e. The molecule has 13 nitrogen and oxygen atoms in total. The number of fused-ring (bicyclic) bond motifs is 2. The van der Waals surface area contributed by atoms with Crippen molar-refractivity contribution in [3.8, 4) is 28.2 Å². The van der Waals surface area contributed by atoms with Gasteiger partial charge in [0.05, 0.1) is 11.3 Å². The van der Waals surface area contributed by atoms with Crippen LogP contribution in [0.3, 0.4) is 0 Å². The number of benzene rings is 3. The number of phenols is 1. The average molecular weight is 681 g/mol. The van der Waals surface area contributed by atoms with Gasteiger partial charge in [-0.15, -0.1) is 0 Å². The smallest absolute Gasteiger partial charge is 0.336 e. The molecule has 4 N–H and O–H groups in total. The molecule has 3 heterocycles. The molecule has 2 aromatic heterocycles. The summed E-state index contributed by atoms with van der Waals surface area (Å²) in [5, 5.41) is 19.3. The molecule has 47 heavy (non-hydrogen) atoms. The highest BCUT2D eigenvalue weighted by atomic mass is 32.2. The van der Waals surface area contributed by atoms with Crippen molar-refractivity contribution < 1.29 is 45.0 Å². The number of phenolic OH excluding ortho intramolecular Hbond substituents is 1. The Morgan fingerprint density at radius 2 is 1.34 bits per heavy atom. The quantitative estimate of drug-likeness (QED) is 0.129. The Morgan fingerprint density at radius 1 is 0.766 bits per heavy atom. The Labute approximate surface area is 263 Å². The SMILES string of the molecule is O=C(O)c1ccccc1-c1c2cc(NS(=O)(=O)c3ccccn3)c(=O)c(F)c-2oc2c(F)c(O)c(NS(=O)(=O)c3ccccn3)cc12. The van der Waals surface area contributed by atoms with Gasteiger partial charge in [-0.2, -0.15) is 25.6 Å². The summed E-state index contributed by atoms with van der Waals surface area (Å²) in [6.07, 6.45) is 2.35. The van der Waals surface area contributed by atoms with Crippen molar-refractivity contribution in [1.29, 1.82) is 0 Å². The van der Waals surface area contributed by atoms with E-state index in [9.17, 15) is 36.6 Å². The van der Waals surface area contributed by atoms with Crippen LogP contribution >= 0.6 is 0 Å². The lowest BCUT2D eigenvalue weighted by Crippen LogP contribution is -2.22. The molecular weight excluding hydrogens is 662 g/mol. The monoisotopic (exact) mass is 680 g/mol. The first-order valence-electron chi connectivity index (χ1n) is 13.1. The second kappa shape index (κ2) is 11.5. The van der Waals surface area contributed by atoms with Crippen LogP contribution < -0.4 is 14.9 Å². The number of anilines is 2. The molecule has 0 saturated carbocycles. The number of aromatic carboxylic acids is 1. The highest BCUT2D eigenvalue weighted by Crippen LogP contribution is 2.47. The number of hydrogen-bond acceptors (Lipinski definition) is 10. The molecule has 238 valence electrons. The van der Waals surface area contributed by atoms with E-state index in [-0.39, 0.29) is 11.1 Å². The molecule has 0 fully saturated rings. The van der Waals surface area contributed by atoms with E-state index in [1.165, 1.54) is 60.9 Å². The normalized spacial score (nSPS) is 11.9. The fourth-order valence-corrected chi connectivity index (χ4v) is 6.80. The van der Waals surface area contributed by atoms with Crippen molar-refractivity contribution in [3.63, 3.8) is 0 Å². The van der Waals surface area contributed by atoms with Gasteiger partial charge in [0.25, 0.3) is 20.0 Å². The van der Waals surface area contributed by atoms with E-state index in [0.29, 0.717) is 0 Å². The zero-order chi connectivity index (χ0) is 33.7. The summed E-state index contributed by atoms with van der Waals surface area (Å²) in [4.78, 5) is 32.8. The molecule has 0 unspecified atom stereocenters. The molecule has 4 aromatic rings. The summed E-state index contributed by atoms with van der Waals surface area (Å²) in [5.41, 5.74) is -5.27. The van der Waals surface area contributed by atoms with Gasteiger partial charge in [-0.1, -0.05) is 30.3 Å². The van der Waals surface area contributed by atoms with Gasteiger partial charge in [-0.05, 0) is 48.0 Å². The molecule has 1 aliphatic carbocycles. The standard InChI is InChI=1S/C30H18F2N4O9S2/c31-24-26(37)19(35-46(41,42)21-9-3-5-11-33-21)13-17-23(15-7-1-2-8-16(15)30(39)40)18-14-20(27(38)25(32)29(18)45-28(17)24)36-47(43,44)22-10-4-6-12-34-22/h1-14,35-37H,(H,39,40). The van der Waals surface area contributed by atoms with Crippen molar-refractivity contribution in [2.24, 2.45) is 0 Å². The van der Waals surface area contributed by atoms with E-state index in [1.54, 1.807) is 0 Å². The van der Waals surface area contributed by atoms with Gasteiger partial charge in [0.1, 0.15) is 5.69 Å². The first-order chi connectivity index (χ1) is 22.3. The van der Waals surface area contributed by atoms with Crippen LogP contribution in [0.4, 0.5) is 20.2 Å². The average Bonchev–Trinajstić information content (AvgIpc) is 3.06. The Bertz CT molecular complexity index is 2480. The highest BCUT2D eigenvalue weighted by Gasteiger charge is 2.31. The molecule has 0 spiro atoms. The molecule has 0 atom stereocenters. The second-order valence-electron chi connectivity index (χ2n) is 9.78. The number of pyridine rings is 2. The van der Waals surface area contributed by atoms with E-state index in [0.717, 1.165) is 24.3 Å². The van der Waals surface area contributed by atoms with Crippen LogP contribution in [0.25, 0.3) is 33.4 Å². The van der Waals surface area contributed by atoms with Gasteiger partial charge >= 0.3 is 5.97 Å². The molecular formula is C30H18F2N4O9S2. The number of rotatable bonds is 8. The third kappa shape index (κ3) is 5.46. The van der Waals surface area contributed by atoms with Crippen molar-refractivity contribution >= 4 is 48.4 Å². The van der Waals surface area contributed by atoms with Gasteiger partial charge in [0, 0.05) is 28.9 Å². The Morgan fingerprint density at radius 3 is 1.91 bits per heavy atom. The Kier molecular flexibility index (Phi) is 7.57. The zero-order valence-corrected chi connectivity index (χ0v) is 24.9. The van der Waals surface area contributed by atoms with Gasteiger partial charge < -0.3 is 14.6 Å². The zero-order valence-electron chi connectivity index (χ0n) is 23.3. The third-order valence-corrected chi connectivity index (χ3v) is 9.42. The van der Waals surface area contributed by atoms with Crippen LogP contribution in [0.2, 0.25) is 0 Å². The maximum absolute atomic E-state index is 15.8. The van der Waals surface area contributed by atoms with E-state index in [4.69, 9.17) is 4.42 Å². The molecule has 0 saturated heterocycles. The van der Waals surface area contributed by atoms with Crippen molar-refractivity contribution in [2.75, 3.05) is 9.44 Å². The van der Waals surface area contributed by atoms with Crippen LogP contribution in [0.15, 0.2) is 104 Å². The Hall–Kier alpha value is -5.94. The number of hydrogen-bond donors (Lipinski definition) is 4. The molecule has 0 bridgehead atoms. The first kappa shape index (κ1) is 31.1. The number of aromatic nitrogens is 2. The maximum atomic E-state index is 15.8. The van der Waals surface area contributed by atoms with E-state index in [1.807, 2.05) is 9.44 Å². The van der Waals surface area contributed by atoms with E-state index in [2.05, 4.69) is 9.97 Å². The van der Waals surface area contributed by atoms with Crippen LogP contribution in [0.1, 0.15) is 10.4 Å². The number of carboxylic acid groups (broad SMARTS) is 1. The van der Waals surface area contributed by atoms with Gasteiger partial charge in [-0.3, -0.25) is 14.2 Å². The van der Waals surface area contributed by atoms with E-state index < -0.39 is 98.1 Å². The van der Waals surface area contributed by atoms with Crippen molar-refractivity contribution in [3.05, 3.63) is 113 Å². The summed E-state index contributed by atoms with van der Waals surface area (Å²) in [6.45, 7) is 0. The predicted molar refractivity (Wildman–Crippen MR) is 163 cm³/mol. The summed E-state index contributed by atoms with van der Waals surface area (Å²) in [7, 11) is -9.08. The fraction of sp³-hybridized carbons (Fsp3) is 0. The molecule has 0 radical (unpaired) electrons. The number of halogens is 2. The summed E-state index contributed by atoms with van der Waals surface area (Å²) in [5.74, 6) is -6.95. The van der Waals surface area contributed by atoms with Crippen molar-refractivity contribution in [2.45, 2.75) is 10.1 Å². The minimum absolute atomic E-state index is 0.189. The van der Waals surface area contributed by atoms with Gasteiger partial charge in [0.2, 0.25) is 17.1 Å². The predicted octanol–water partition coefficient (Wildman–Crippen LogP) is 4.64. The molecule has 0 amide bonds. The lowest BCUT2D eigenvalue weighted by molar-refractivity contribution is 0.0697. The number of aromatic hydroxyl groups is 1. The number of nitrogens with zero attached hydrogens (tertiary/aromatic N) is 2. The molecule has 2 aromatic carbocycles. The van der Waals surface area contributed by atoms with Crippen LogP contribution in [-0.4, -0.2) is 43.0 Å². The largest absolute Gasteiger partial charge is 0.503 e. The van der Waals surface area contributed by atoms with Crippen LogP contribution in [0.5, 0.6) is 5.75 Å². The second-order valence-corrected chi connectivity index (χ2v) is 13.0. The number of sulfonamides is 2. The molecule has 6 rings (SSSR count). The third-order valence-electron chi connectivity index (χ3n) is 6.86. The number of carbonyl (C=O) groups is 1. The highest BCUT2D eigenvalue weighted by molar-refractivity contribution is 7.93. The Balaban J connectivity index is 1.69. The lowest BCUT2D eigenvalue weighted by atomic mass is 9.90. The first-order valence-corrected chi connectivity index (χ1v) is 16.1. The lowest BCUT2D eigenvalue weighted by Gasteiger charge is -2.20. The maximum Gasteiger partial charge on any atom is 0.336 e. The summed E-state index contributed by atoms with van der Waals surface area (Å²) in [6, 6.07) is 14.8. The fourth-order valence-electron chi connectivity index (χ4n) is 4.79. The van der Waals surface area contributed by atoms with Crippen LogP contribution in [0, 0.1) is 11.6 Å². The van der Waals surface area contributed by atoms with E-state index >= 15 is 8.78 Å². The van der Waals surface area contributed by atoms with Gasteiger partial charge in [-0.25, -0.2) is 14.8 Å². The van der Waals surface area contributed by atoms with Crippen molar-refractivity contribution in [1.82, 2.24) is 9.97 Å². The van der Waals surface area contributed by atoms with Gasteiger partial charge in [0.15, 0.2) is 27.1 Å².